The first-order valence-corrected chi connectivity index (χ1v) is 10.3. The molecule has 0 bridgehead atoms. The highest BCUT2D eigenvalue weighted by Crippen LogP contribution is 2.31. The van der Waals surface area contributed by atoms with E-state index < -0.39 is 15.9 Å². The van der Waals surface area contributed by atoms with Crippen LogP contribution in [0.1, 0.15) is 27.2 Å². The molecule has 10 heteroatoms. The zero-order valence-corrected chi connectivity index (χ0v) is 17.6. The second-order valence-corrected chi connectivity index (χ2v) is 8.58. The molecule has 152 valence electrons. The molecule has 0 amide bonds. The van der Waals surface area contributed by atoms with Crippen LogP contribution in [-0.4, -0.2) is 32.4 Å². The van der Waals surface area contributed by atoms with Crippen molar-refractivity contribution in [2.75, 3.05) is 0 Å². The summed E-state index contributed by atoms with van der Waals surface area (Å²) in [4.78, 5) is 13.0. The first-order chi connectivity index (χ1) is 13.1. The number of carbonyl (C=O) groups excluding carboxylic acids is 1. The van der Waals surface area contributed by atoms with Gasteiger partial charge in [-0.15, -0.1) is 0 Å². The molecule has 2 aromatic carbocycles. The predicted octanol–water partition coefficient (Wildman–Crippen LogP) is 3.16. The summed E-state index contributed by atoms with van der Waals surface area (Å²) in [6.07, 6.45) is 0. The lowest BCUT2D eigenvalue weighted by molar-refractivity contribution is 0.103. The summed E-state index contributed by atoms with van der Waals surface area (Å²) in [6.45, 7) is 3.43. The van der Waals surface area contributed by atoms with Gasteiger partial charge in [-0.05, 0) is 44.2 Å². The molecule has 0 atom stereocenters. The van der Waals surface area contributed by atoms with Crippen LogP contribution < -0.4 is 4.18 Å². The lowest BCUT2D eigenvalue weighted by Crippen LogP contribution is -2.15. The van der Waals surface area contributed by atoms with E-state index in [1.54, 1.807) is 19.1 Å². The second-order valence-electron chi connectivity index (χ2n) is 6.19. The van der Waals surface area contributed by atoms with E-state index >= 15 is 0 Å². The maximum Gasteiger partial charge on any atom is 0.340 e. The third kappa shape index (κ3) is 4.66. The molecule has 0 saturated carbocycles. The van der Waals surface area contributed by atoms with Crippen LogP contribution in [0.2, 0.25) is 10.0 Å². The average molecular weight is 453 g/mol. The van der Waals surface area contributed by atoms with Gasteiger partial charge in [-0.25, -0.2) is 4.68 Å². The van der Waals surface area contributed by atoms with E-state index in [2.05, 4.69) is 5.10 Å². The van der Waals surface area contributed by atoms with Crippen molar-refractivity contribution in [2.45, 2.75) is 18.7 Å². The van der Waals surface area contributed by atoms with Gasteiger partial charge in [0.15, 0.2) is 0 Å². The smallest absolute Gasteiger partial charge is 0.340 e. The molecule has 3 rings (SSSR count). The molecule has 3 aromatic rings. The van der Waals surface area contributed by atoms with E-state index in [1.807, 2.05) is 6.92 Å². The van der Waals surface area contributed by atoms with Crippen LogP contribution in [0.5, 0.6) is 5.88 Å². The van der Waals surface area contributed by atoms with Crippen molar-refractivity contribution in [1.29, 1.82) is 0 Å². The van der Waals surface area contributed by atoms with E-state index in [-0.39, 0.29) is 35.3 Å². The predicted molar refractivity (Wildman–Crippen MR) is 117 cm³/mol. The second kappa shape index (κ2) is 8.61. The zero-order chi connectivity index (χ0) is 20.6. The van der Waals surface area contributed by atoms with E-state index in [4.69, 9.17) is 27.4 Å². The van der Waals surface area contributed by atoms with Gasteiger partial charge in [-0.3, -0.25) is 4.79 Å². The van der Waals surface area contributed by atoms with Crippen molar-refractivity contribution < 1.29 is 17.4 Å². The summed E-state index contributed by atoms with van der Waals surface area (Å²) in [5.74, 6) is -0.699. The molecule has 0 aliphatic carbocycles. The number of aromatic nitrogens is 2. The molecular formula is C19H19BCl2N2O4S. The van der Waals surface area contributed by atoms with Crippen molar-refractivity contribution in [2.24, 2.45) is 7.05 Å². The van der Waals surface area contributed by atoms with Crippen molar-refractivity contribution in [3.63, 3.8) is 0 Å². The van der Waals surface area contributed by atoms with Crippen LogP contribution >= 0.6 is 23.2 Å². The summed E-state index contributed by atoms with van der Waals surface area (Å²) in [5.41, 5.74) is 1.40. The lowest BCUT2D eigenvalue weighted by Gasteiger charge is -2.10. The van der Waals surface area contributed by atoms with Gasteiger partial charge < -0.3 is 4.18 Å². The summed E-state index contributed by atoms with van der Waals surface area (Å²) in [7, 11) is -2.67. The SMILES string of the molecule is B.Cc1ccc(S(=O)(=O)Oc2c(C(=O)c3ccc(Cl)cc3Cl)c(C)nn2C)cc1. The molecule has 0 spiro atoms. The van der Waals surface area contributed by atoms with Gasteiger partial charge in [-0.2, -0.15) is 13.5 Å². The molecule has 1 heterocycles. The molecular weight excluding hydrogens is 434 g/mol. The maximum absolute atomic E-state index is 13.0. The number of hydrogen-bond donors (Lipinski definition) is 0. The number of carbonyl (C=O) groups is 1. The monoisotopic (exact) mass is 452 g/mol. The van der Waals surface area contributed by atoms with E-state index in [9.17, 15) is 13.2 Å². The molecule has 0 unspecified atom stereocenters. The highest BCUT2D eigenvalue weighted by Gasteiger charge is 2.28. The number of benzene rings is 2. The number of rotatable bonds is 5. The molecule has 6 nitrogen and oxygen atoms in total. The Labute approximate surface area is 181 Å². The summed E-state index contributed by atoms with van der Waals surface area (Å²) >= 11 is 12.0. The number of halogens is 2. The van der Waals surface area contributed by atoms with Crippen LogP contribution in [0.15, 0.2) is 47.4 Å². The Bertz CT molecular complexity index is 1180. The topological polar surface area (TPSA) is 78.3 Å². The van der Waals surface area contributed by atoms with Gasteiger partial charge in [0.2, 0.25) is 11.7 Å². The van der Waals surface area contributed by atoms with Crippen molar-refractivity contribution in [1.82, 2.24) is 9.78 Å². The summed E-state index contributed by atoms with van der Waals surface area (Å²) < 4.78 is 31.9. The van der Waals surface area contributed by atoms with Gasteiger partial charge >= 0.3 is 10.1 Å². The third-order valence-corrected chi connectivity index (χ3v) is 5.85. The highest BCUT2D eigenvalue weighted by atomic mass is 35.5. The molecule has 0 aliphatic heterocycles. The Balaban J connectivity index is 0.00000300. The molecule has 0 N–H and O–H groups in total. The van der Waals surface area contributed by atoms with Gasteiger partial charge in [0.05, 0.1) is 19.1 Å². The Hall–Kier alpha value is -2.29. The van der Waals surface area contributed by atoms with Gasteiger partial charge in [-0.1, -0.05) is 40.9 Å². The van der Waals surface area contributed by atoms with E-state index in [1.165, 1.54) is 42.1 Å². The lowest BCUT2D eigenvalue weighted by atomic mass is 10.0. The molecule has 0 fully saturated rings. The Morgan fingerprint density at radius 3 is 2.28 bits per heavy atom. The van der Waals surface area contributed by atoms with E-state index in [0.717, 1.165) is 5.56 Å². The van der Waals surface area contributed by atoms with Crippen LogP contribution in [0.3, 0.4) is 0 Å². The number of nitrogens with zero attached hydrogens (tertiary/aromatic N) is 2. The zero-order valence-electron chi connectivity index (χ0n) is 15.2. The number of hydrogen-bond acceptors (Lipinski definition) is 5. The first kappa shape index (κ1) is 23.0. The first-order valence-electron chi connectivity index (χ1n) is 8.14. The van der Waals surface area contributed by atoms with Gasteiger partial charge in [0.25, 0.3) is 0 Å². The fraction of sp³-hybridized carbons (Fsp3) is 0.158. The fourth-order valence-electron chi connectivity index (χ4n) is 2.66. The van der Waals surface area contributed by atoms with Crippen molar-refractivity contribution in [3.8, 4) is 5.88 Å². The van der Waals surface area contributed by atoms with E-state index in [0.29, 0.717) is 10.7 Å². The molecule has 0 radical (unpaired) electrons. The highest BCUT2D eigenvalue weighted by molar-refractivity contribution is 7.87. The van der Waals surface area contributed by atoms with Crippen molar-refractivity contribution in [3.05, 3.63) is 74.9 Å². The minimum Gasteiger partial charge on any atom is -0.358 e. The molecule has 0 aliphatic rings. The minimum absolute atomic E-state index is 0. The standard InChI is InChI=1S/C19H16Cl2N2O4S.BH3/c1-11-4-7-14(8-5-11)28(25,26)27-19-17(12(2)22-23(19)3)18(24)15-9-6-13(20)10-16(15)21;/h4-10H,1-3H3;1H3. The van der Waals surface area contributed by atoms with Crippen LogP contribution in [0.4, 0.5) is 0 Å². The normalized spacial score (nSPS) is 11.1. The van der Waals surface area contributed by atoms with Gasteiger partial charge in [0.1, 0.15) is 10.5 Å². The average Bonchev–Trinajstić information content (AvgIpc) is 2.87. The van der Waals surface area contributed by atoms with Crippen LogP contribution in [-0.2, 0) is 17.2 Å². The number of ketones is 1. The van der Waals surface area contributed by atoms with Crippen LogP contribution in [0, 0.1) is 13.8 Å². The molecule has 29 heavy (non-hydrogen) atoms. The fourth-order valence-corrected chi connectivity index (χ4v) is 4.12. The van der Waals surface area contributed by atoms with Crippen LogP contribution in [0.25, 0.3) is 0 Å². The summed E-state index contributed by atoms with van der Waals surface area (Å²) in [5, 5.41) is 4.66. The molecule has 1 aromatic heterocycles. The Morgan fingerprint density at radius 1 is 1.07 bits per heavy atom. The van der Waals surface area contributed by atoms with Gasteiger partial charge in [0, 0.05) is 17.6 Å². The molecule has 0 saturated heterocycles. The quantitative estimate of drug-likeness (QED) is 0.337. The Morgan fingerprint density at radius 2 is 1.69 bits per heavy atom. The Kier molecular flexibility index (Phi) is 6.83. The maximum atomic E-state index is 13.0. The summed E-state index contributed by atoms with van der Waals surface area (Å²) in [6, 6.07) is 10.6. The third-order valence-electron chi connectivity index (χ3n) is 4.07. The number of aryl methyl sites for hydroxylation is 3. The largest absolute Gasteiger partial charge is 0.358 e. The van der Waals surface area contributed by atoms with Crippen molar-refractivity contribution >= 4 is 47.5 Å². The minimum atomic E-state index is -4.16.